The van der Waals surface area contributed by atoms with E-state index in [1.54, 1.807) is 0 Å². The Morgan fingerprint density at radius 2 is 2.33 bits per heavy atom. The molecule has 0 aromatic carbocycles. The molecule has 0 radical (unpaired) electrons. The maximum absolute atomic E-state index is 11.7. The number of carbonyl (C=O) groups excluding carboxylic acids is 1. The summed E-state index contributed by atoms with van der Waals surface area (Å²) in [6.45, 7) is 6.68. The zero-order valence-corrected chi connectivity index (χ0v) is 10.5. The van der Waals surface area contributed by atoms with Crippen LogP contribution in [0.15, 0.2) is 12.7 Å². The summed E-state index contributed by atoms with van der Waals surface area (Å²) < 4.78 is 5.27. The molecule has 102 valence electrons. The Bertz CT molecular complexity index is 319. The highest BCUT2D eigenvalue weighted by Crippen LogP contribution is 2.13. The van der Waals surface area contributed by atoms with Gasteiger partial charge < -0.3 is 20.5 Å². The van der Waals surface area contributed by atoms with Crippen molar-refractivity contribution in [2.24, 2.45) is 5.92 Å². The smallest absolute Gasteiger partial charge is 0.326 e. The number of hydrogen-bond acceptors (Lipinski definition) is 3. The molecule has 0 saturated carbocycles. The highest BCUT2D eigenvalue weighted by atomic mass is 16.5. The molecular weight excluding hydrogens is 236 g/mol. The Hall–Kier alpha value is -1.56. The molecule has 2 amide bonds. The second kappa shape index (κ2) is 7.00. The molecule has 6 heteroatoms. The van der Waals surface area contributed by atoms with Gasteiger partial charge in [-0.3, -0.25) is 0 Å². The van der Waals surface area contributed by atoms with Crippen LogP contribution in [0.4, 0.5) is 4.79 Å². The van der Waals surface area contributed by atoms with Gasteiger partial charge in [-0.25, -0.2) is 9.59 Å². The first-order chi connectivity index (χ1) is 8.54. The van der Waals surface area contributed by atoms with Crippen molar-refractivity contribution in [1.82, 2.24) is 10.6 Å². The molecule has 0 aromatic rings. The normalized spacial score (nSPS) is 24.9. The molecule has 3 unspecified atom stereocenters. The minimum absolute atomic E-state index is 0.0249. The molecule has 0 spiro atoms. The lowest BCUT2D eigenvalue weighted by Crippen LogP contribution is -2.52. The minimum atomic E-state index is -1.06. The Balaban J connectivity index is 2.43. The van der Waals surface area contributed by atoms with Crippen LogP contribution >= 0.6 is 0 Å². The van der Waals surface area contributed by atoms with Crippen molar-refractivity contribution in [2.45, 2.75) is 31.8 Å². The summed E-state index contributed by atoms with van der Waals surface area (Å²) in [5, 5.41) is 14.1. The van der Waals surface area contributed by atoms with E-state index in [9.17, 15) is 9.59 Å². The van der Waals surface area contributed by atoms with E-state index in [2.05, 4.69) is 17.2 Å². The largest absolute Gasteiger partial charge is 0.480 e. The number of carboxylic acids is 1. The number of nitrogens with one attached hydrogen (secondary N) is 2. The maximum Gasteiger partial charge on any atom is 0.326 e. The second-order valence-electron chi connectivity index (χ2n) is 4.48. The van der Waals surface area contributed by atoms with Crippen LogP contribution < -0.4 is 10.6 Å². The van der Waals surface area contributed by atoms with Gasteiger partial charge in [-0.15, -0.1) is 6.58 Å². The predicted molar refractivity (Wildman–Crippen MR) is 66.3 cm³/mol. The quantitative estimate of drug-likeness (QED) is 0.633. The number of urea groups is 1. The Morgan fingerprint density at radius 3 is 2.89 bits per heavy atom. The van der Waals surface area contributed by atoms with E-state index in [1.165, 1.54) is 6.08 Å². The second-order valence-corrected chi connectivity index (χ2v) is 4.48. The number of carboxylic acid groups (broad SMARTS) is 1. The highest BCUT2D eigenvalue weighted by molar-refractivity contribution is 5.82. The van der Waals surface area contributed by atoms with Gasteiger partial charge in [0.25, 0.3) is 0 Å². The molecule has 1 fully saturated rings. The highest BCUT2D eigenvalue weighted by Gasteiger charge is 2.25. The number of carbonyl (C=O) groups is 2. The van der Waals surface area contributed by atoms with Crippen LogP contribution in [0.2, 0.25) is 0 Å². The van der Waals surface area contributed by atoms with E-state index in [1.807, 2.05) is 6.92 Å². The SMILES string of the molecule is C=CCC(NC(=O)NC1CCOCC1C)C(=O)O. The molecular formula is C12H20N2O4. The lowest BCUT2D eigenvalue weighted by Gasteiger charge is -2.30. The van der Waals surface area contributed by atoms with Gasteiger partial charge in [-0.2, -0.15) is 0 Å². The molecule has 1 aliphatic rings. The maximum atomic E-state index is 11.7. The topological polar surface area (TPSA) is 87.7 Å². The fraction of sp³-hybridized carbons (Fsp3) is 0.667. The molecule has 0 aromatic heterocycles. The summed E-state index contributed by atoms with van der Waals surface area (Å²) in [6.07, 6.45) is 2.41. The summed E-state index contributed by atoms with van der Waals surface area (Å²) in [5.74, 6) is -0.836. The fourth-order valence-electron chi connectivity index (χ4n) is 1.85. The number of rotatable bonds is 5. The summed E-state index contributed by atoms with van der Waals surface area (Å²) in [4.78, 5) is 22.6. The van der Waals surface area contributed by atoms with E-state index in [0.29, 0.717) is 13.2 Å². The standard InChI is InChI=1S/C12H20N2O4/c1-3-4-10(11(15)16)14-12(17)13-9-5-6-18-7-8(9)2/h3,8-10H,1,4-7H2,2H3,(H,15,16)(H2,13,14,17). The van der Waals surface area contributed by atoms with E-state index in [0.717, 1.165) is 6.42 Å². The lowest BCUT2D eigenvalue weighted by molar-refractivity contribution is -0.139. The van der Waals surface area contributed by atoms with Crippen molar-refractivity contribution >= 4 is 12.0 Å². The number of ether oxygens (including phenoxy) is 1. The molecule has 1 saturated heterocycles. The zero-order valence-electron chi connectivity index (χ0n) is 10.5. The molecule has 0 bridgehead atoms. The van der Waals surface area contributed by atoms with Crippen LogP contribution in [0.25, 0.3) is 0 Å². The van der Waals surface area contributed by atoms with E-state index < -0.39 is 18.0 Å². The first-order valence-corrected chi connectivity index (χ1v) is 6.03. The van der Waals surface area contributed by atoms with Gasteiger partial charge in [0.2, 0.25) is 0 Å². The van der Waals surface area contributed by atoms with Gasteiger partial charge in [-0.1, -0.05) is 13.0 Å². The molecule has 1 aliphatic heterocycles. The van der Waals surface area contributed by atoms with Gasteiger partial charge >= 0.3 is 12.0 Å². The minimum Gasteiger partial charge on any atom is -0.480 e. The van der Waals surface area contributed by atoms with Gasteiger partial charge in [0.1, 0.15) is 6.04 Å². The lowest BCUT2D eigenvalue weighted by atomic mass is 9.98. The van der Waals surface area contributed by atoms with Crippen LogP contribution in [0.1, 0.15) is 19.8 Å². The third-order valence-electron chi connectivity index (χ3n) is 2.96. The Kier molecular flexibility index (Phi) is 5.64. The van der Waals surface area contributed by atoms with Crippen molar-refractivity contribution in [1.29, 1.82) is 0 Å². The van der Waals surface area contributed by atoms with Crippen molar-refractivity contribution in [3.63, 3.8) is 0 Å². The first-order valence-electron chi connectivity index (χ1n) is 6.03. The van der Waals surface area contributed by atoms with Crippen molar-refractivity contribution in [3.05, 3.63) is 12.7 Å². The van der Waals surface area contributed by atoms with E-state index >= 15 is 0 Å². The van der Waals surface area contributed by atoms with Crippen molar-refractivity contribution < 1.29 is 19.4 Å². The van der Waals surface area contributed by atoms with Crippen LogP contribution in [0, 0.1) is 5.92 Å². The third-order valence-corrected chi connectivity index (χ3v) is 2.96. The van der Waals surface area contributed by atoms with Crippen molar-refractivity contribution in [2.75, 3.05) is 13.2 Å². The van der Waals surface area contributed by atoms with Crippen LogP contribution in [0.3, 0.4) is 0 Å². The van der Waals surface area contributed by atoms with Gasteiger partial charge in [0.05, 0.1) is 6.61 Å². The molecule has 1 rings (SSSR count). The monoisotopic (exact) mass is 256 g/mol. The van der Waals surface area contributed by atoms with E-state index in [4.69, 9.17) is 9.84 Å². The molecule has 3 N–H and O–H groups in total. The molecule has 0 aliphatic carbocycles. The summed E-state index contributed by atoms with van der Waals surface area (Å²) in [5.41, 5.74) is 0. The molecule has 6 nitrogen and oxygen atoms in total. The Labute approximate surface area is 106 Å². The number of amides is 2. The zero-order chi connectivity index (χ0) is 13.5. The fourth-order valence-corrected chi connectivity index (χ4v) is 1.85. The van der Waals surface area contributed by atoms with Crippen LogP contribution in [-0.2, 0) is 9.53 Å². The third kappa shape index (κ3) is 4.37. The molecule has 1 heterocycles. The van der Waals surface area contributed by atoms with Gasteiger partial charge in [-0.05, 0) is 18.8 Å². The summed E-state index contributed by atoms with van der Waals surface area (Å²) >= 11 is 0. The predicted octanol–water partition coefficient (Wildman–Crippen LogP) is 0.740. The first kappa shape index (κ1) is 14.5. The average molecular weight is 256 g/mol. The van der Waals surface area contributed by atoms with E-state index in [-0.39, 0.29) is 18.4 Å². The van der Waals surface area contributed by atoms with Crippen LogP contribution in [0.5, 0.6) is 0 Å². The summed E-state index contributed by atoms with van der Waals surface area (Å²) in [7, 11) is 0. The van der Waals surface area contributed by atoms with Crippen molar-refractivity contribution in [3.8, 4) is 0 Å². The number of aliphatic carboxylic acids is 1. The van der Waals surface area contributed by atoms with Gasteiger partial charge in [0.15, 0.2) is 0 Å². The van der Waals surface area contributed by atoms with Crippen LogP contribution in [-0.4, -0.2) is 42.4 Å². The molecule has 18 heavy (non-hydrogen) atoms. The molecule has 3 atom stereocenters. The average Bonchev–Trinajstić information content (AvgIpc) is 2.31. The summed E-state index contributed by atoms with van der Waals surface area (Å²) in [6, 6.07) is -1.36. The number of hydrogen-bond donors (Lipinski definition) is 3. The Morgan fingerprint density at radius 1 is 1.61 bits per heavy atom. The van der Waals surface area contributed by atoms with Gasteiger partial charge in [0, 0.05) is 12.6 Å².